The maximum atomic E-state index is 15.0. The third-order valence-corrected chi connectivity index (χ3v) is 10.7. The molecule has 3 heteroatoms. The van der Waals surface area contributed by atoms with E-state index in [0.717, 1.165) is 41.7 Å². The van der Waals surface area contributed by atoms with Crippen LogP contribution in [0.3, 0.4) is 0 Å². The first kappa shape index (κ1) is 32.5. The van der Waals surface area contributed by atoms with Gasteiger partial charge in [0.05, 0.1) is 0 Å². The largest absolute Gasteiger partial charge is 0.207 e. The van der Waals surface area contributed by atoms with Gasteiger partial charge in [-0.15, -0.1) is 0 Å². The normalized spacial score (nSPS) is 23.1. The van der Waals surface area contributed by atoms with Crippen molar-refractivity contribution < 1.29 is 8.78 Å². The average Bonchev–Trinajstić information content (AvgIpc) is 2.99. The Balaban J connectivity index is 1.10. The van der Waals surface area contributed by atoms with E-state index in [1.165, 1.54) is 109 Å². The zero-order chi connectivity index (χ0) is 28.9. The van der Waals surface area contributed by atoms with Crippen molar-refractivity contribution in [3.63, 3.8) is 0 Å². The molecular formula is C38H55ClF2. The highest BCUT2D eigenvalue weighted by Gasteiger charge is 2.26. The minimum atomic E-state index is -0.380. The number of hydrogen-bond acceptors (Lipinski definition) is 0. The van der Waals surface area contributed by atoms with Gasteiger partial charge < -0.3 is 0 Å². The van der Waals surface area contributed by atoms with Crippen molar-refractivity contribution in [2.24, 2.45) is 17.8 Å². The molecule has 0 atom stereocenters. The predicted molar refractivity (Wildman–Crippen MR) is 172 cm³/mol. The molecule has 228 valence electrons. The quantitative estimate of drug-likeness (QED) is 0.172. The molecule has 0 radical (unpaired) electrons. The molecule has 2 saturated carbocycles. The fourth-order valence-corrected chi connectivity index (χ4v) is 7.78. The van der Waals surface area contributed by atoms with Gasteiger partial charge in [0, 0.05) is 10.6 Å². The first-order chi connectivity index (χ1) is 20.0. The van der Waals surface area contributed by atoms with Crippen LogP contribution in [0, 0.1) is 29.4 Å². The molecule has 0 saturated heterocycles. The Morgan fingerprint density at radius 2 is 1.10 bits per heavy atom. The topological polar surface area (TPSA) is 0 Å². The van der Waals surface area contributed by atoms with Crippen LogP contribution in [0.4, 0.5) is 8.78 Å². The van der Waals surface area contributed by atoms with Gasteiger partial charge in [-0.25, -0.2) is 8.78 Å². The Kier molecular flexibility index (Phi) is 14.0. The second kappa shape index (κ2) is 17.6. The first-order valence-electron chi connectivity index (χ1n) is 17.2. The summed E-state index contributed by atoms with van der Waals surface area (Å²) in [6, 6.07) is 10.7. The van der Waals surface area contributed by atoms with E-state index in [-0.39, 0.29) is 17.2 Å². The van der Waals surface area contributed by atoms with Crippen LogP contribution in [0.2, 0.25) is 5.02 Å². The van der Waals surface area contributed by atoms with Gasteiger partial charge in [0.1, 0.15) is 11.6 Å². The SMILES string of the molecule is CCCCCCCCCC[C@H]1CC[C@H](CCC2CCC(c3cc(F)c(CCc4ccc(Cl)cc4)c(F)c3)CC2)CC1. The Morgan fingerprint density at radius 1 is 0.610 bits per heavy atom. The number of rotatable bonds is 16. The van der Waals surface area contributed by atoms with E-state index in [4.69, 9.17) is 11.6 Å². The Morgan fingerprint density at radius 3 is 1.66 bits per heavy atom. The second-order valence-corrected chi connectivity index (χ2v) is 14.0. The third kappa shape index (κ3) is 11.0. The summed E-state index contributed by atoms with van der Waals surface area (Å²) < 4.78 is 29.9. The summed E-state index contributed by atoms with van der Waals surface area (Å²) in [6.45, 7) is 2.29. The Hall–Kier alpha value is -1.41. The highest BCUT2D eigenvalue weighted by molar-refractivity contribution is 6.30. The number of unbranched alkanes of at least 4 members (excludes halogenated alkanes) is 7. The van der Waals surface area contributed by atoms with Crippen molar-refractivity contribution in [3.05, 3.63) is 69.7 Å². The minimum Gasteiger partial charge on any atom is -0.207 e. The van der Waals surface area contributed by atoms with Gasteiger partial charge in [-0.05, 0) is 97.6 Å². The summed E-state index contributed by atoms with van der Waals surface area (Å²) in [5.74, 6) is 2.27. The molecule has 0 heterocycles. The van der Waals surface area contributed by atoms with Crippen LogP contribution in [-0.2, 0) is 12.8 Å². The van der Waals surface area contributed by atoms with E-state index in [0.29, 0.717) is 23.8 Å². The van der Waals surface area contributed by atoms with E-state index in [9.17, 15) is 8.78 Å². The Labute approximate surface area is 255 Å². The number of hydrogen-bond donors (Lipinski definition) is 0. The summed E-state index contributed by atoms with van der Waals surface area (Å²) in [5, 5.41) is 0.678. The van der Waals surface area contributed by atoms with Crippen LogP contribution in [-0.4, -0.2) is 0 Å². The molecule has 0 amide bonds. The second-order valence-electron chi connectivity index (χ2n) is 13.5. The summed E-state index contributed by atoms with van der Waals surface area (Å²) in [5.41, 5.74) is 2.12. The molecular weight excluding hydrogens is 530 g/mol. The van der Waals surface area contributed by atoms with Crippen molar-refractivity contribution in [2.45, 2.75) is 148 Å². The van der Waals surface area contributed by atoms with E-state index >= 15 is 0 Å². The zero-order valence-electron chi connectivity index (χ0n) is 25.8. The molecule has 0 aromatic heterocycles. The van der Waals surface area contributed by atoms with Crippen molar-refractivity contribution in [2.75, 3.05) is 0 Å². The van der Waals surface area contributed by atoms with Crippen molar-refractivity contribution >= 4 is 11.6 Å². The van der Waals surface area contributed by atoms with Gasteiger partial charge in [-0.2, -0.15) is 0 Å². The molecule has 41 heavy (non-hydrogen) atoms. The number of aryl methyl sites for hydroxylation is 1. The van der Waals surface area contributed by atoms with Gasteiger partial charge in [0.15, 0.2) is 0 Å². The molecule has 4 rings (SSSR count). The lowest BCUT2D eigenvalue weighted by molar-refractivity contribution is 0.222. The van der Waals surface area contributed by atoms with Crippen molar-refractivity contribution in [3.8, 4) is 0 Å². The molecule has 2 aliphatic carbocycles. The fourth-order valence-electron chi connectivity index (χ4n) is 7.65. The van der Waals surface area contributed by atoms with Crippen LogP contribution in [0.25, 0.3) is 0 Å². The van der Waals surface area contributed by atoms with E-state index in [1.54, 1.807) is 12.1 Å². The van der Waals surface area contributed by atoms with Gasteiger partial charge in [-0.1, -0.05) is 127 Å². The summed E-state index contributed by atoms with van der Waals surface area (Å²) in [7, 11) is 0. The highest BCUT2D eigenvalue weighted by Crippen LogP contribution is 2.41. The molecule has 0 bridgehead atoms. The number of benzene rings is 2. The Bertz CT molecular complexity index is 976. The maximum Gasteiger partial charge on any atom is 0.129 e. The standard InChI is InChI=1S/C38H55ClF2/c1-2-3-4-5-6-7-8-9-10-29-11-13-30(14-12-29)15-16-31-17-22-33(23-18-31)34-27-37(40)36(38(41)28-34)26-21-32-19-24-35(39)25-20-32/h19-20,24-25,27-31,33H,2-18,21-23,26H2,1H3/t29-,30-,31?,33?. The van der Waals surface area contributed by atoms with Crippen molar-refractivity contribution in [1.29, 1.82) is 0 Å². The minimum absolute atomic E-state index is 0.213. The van der Waals surface area contributed by atoms with Crippen LogP contribution in [0.15, 0.2) is 36.4 Å². The zero-order valence-corrected chi connectivity index (χ0v) is 26.5. The highest BCUT2D eigenvalue weighted by atomic mass is 35.5. The molecule has 0 spiro atoms. The lowest BCUT2D eigenvalue weighted by Crippen LogP contribution is -2.18. The maximum absolute atomic E-state index is 15.0. The van der Waals surface area contributed by atoms with E-state index < -0.39 is 0 Å². The van der Waals surface area contributed by atoms with Crippen LogP contribution in [0.1, 0.15) is 152 Å². The third-order valence-electron chi connectivity index (χ3n) is 10.5. The van der Waals surface area contributed by atoms with Gasteiger partial charge in [0.25, 0.3) is 0 Å². The summed E-state index contributed by atoms with van der Waals surface area (Å²) in [4.78, 5) is 0. The smallest absolute Gasteiger partial charge is 0.129 e. The van der Waals surface area contributed by atoms with Crippen molar-refractivity contribution in [1.82, 2.24) is 0 Å². The molecule has 0 unspecified atom stereocenters. The van der Waals surface area contributed by atoms with Crippen LogP contribution in [0.5, 0.6) is 0 Å². The monoisotopic (exact) mass is 584 g/mol. The average molecular weight is 585 g/mol. The van der Waals surface area contributed by atoms with Gasteiger partial charge in [-0.3, -0.25) is 0 Å². The lowest BCUT2D eigenvalue weighted by Gasteiger charge is -2.32. The van der Waals surface area contributed by atoms with E-state index in [1.807, 2.05) is 24.3 Å². The molecule has 2 aliphatic rings. The van der Waals surface area contributed by atoms with Gasteiger partial charge in [0.2, 0.25) is 0 Å². The molecule has 0 nitrogen and oxygen atoms in total. The van der Waals surface area contributed by atoms with Gasteiger partial charge >= 0.3 is 0 Å². The molecule has 2 aromatic rings. The molecule has 2 aromatic carbocycles. The molecule has 0 N–H and O–H groups in total. The lowest BCUT2D eigenvalue weighted by atomic mass is 9.74. The summed E-state index contributed by atoms with van der Waals surface area (Å²) in [6.07, 6.45) is 27.0. The number of halogens is 3. The van der Waals surface area contributed by atoms with Crippen LogP contribution >= 0.6 is 11.6 Å². The van der Waals surface area contributed by atoms with E-state index in [2.05, 4.69) is 6.92 Å². The van der Waals surface area contributed by atoms with Crippen LogP contribution < -0.4 is 0 Å². The molecule has 0 aliphatic heterocycles. The summed E-state index contributed by atoms with van der Waals surface area (Å²) >= 11 is 5.95. The fraction of sp³-hybridized carbons (Fsp3) is 0.684. The first-order valence-corrected chi connectivity index (χ1v) is 17.6. The predicted octanol–water partition coefficient (Wildman–Crippen LogP) is 12.8. The molecule has 2 fully saturated rings.